The van der Waals surface area contributed by atoms with E-state index in [-0.39, 0.29) is 23.8 Å². The van der Waals surface area contributed by atoms with E-state index >= 15 is 0 Å². The van der Waals surface area contributed by atoms with Gasteiger partial charge in [0.1, 0.15) is 5.75 Å². The van der Waals surface area contributed by atoms with E-state index in [1.54, 1.807) is 25.3 Å². The first-order valence-electron chi connectivity index (χ1n) is 6.73. The Kier molecular flexibility index (Phi) is 7.67. The van der Waals surface area contributed by atoms with E-state index in [0.29, 0.717) is 18.6 Å². The monoisotopic (exact) mass is 336 g/mol. The summed E-state index contributed by atoms with van der Waals surface area (Å²) < 4.78 is 32.8. The number of benzene rings is 1. The molecule has 0 heterocycles. The summed E-state index contributed by atoms with van der Waals surface area (Å²) in [6.45, 7) is 5.94. The zero-order valence-electron chi connectivity index (χ0n) is 13.0. The summed E-state index contributed by atoms with van der Waals surface area (Å²) in [5.41, 5.74) is 5.93. The molecule has 0 amide bonds. The van der Waals surface area contributed by atoms with E-state index in [2.05, 4.69) is 4.72 Å². The van der Waals surface area contributed by atoms with Gasteiger partial charge < -0.3 is 10.5 Å². The second kappa shape index (κ2) is 7.98. The van der Waals surface area contributed by atoms with Crippen molar-refractivity contribution < 1.29 is 13.2 Å². The lowest BCUT2D eigenvalue weighted by molar-refractivity contribution is 0.363. The van der Waals surface area contributed by atoms with Crippen LogP contribution in [0.1, 0.15) is 32.3 Å². The summed E-state index contributed by atoms with van der Waals surface area (Å²) in [5, 5.41) is 0. The van der Waals surface area contributed by atoms with Crippen molar-refractivity contribution in [1.29, 1.82) is 0 Å². The van der Waals surface area contributed by atoms with E-state index in [1.807, 2.05) is 20.8 Å². The van der Waals surface area contributed by atoms with Crippen LogP contribution in [0.25, 0.3) is 0 Å². The lowest BCUT2D eigenvalue weighted by Crippen LogP contribution is -2.52. The first kappa shape index (κ1) is 20.2. The molecule has 7 heteroatoms. The highest BCUT2D eigenvalue weighted by Crippen LogP contribution is 2.23. The Bertz CT molecular complexity index is 549. The molecule has 0 aliphatic rings. The zero-order chi connectivity index (χ0) is 15.4. The van der Waals surface area contributed by atoms with E-state index < -0.39 is 15.6 Å². The Morgan fingerprint density at radius 1 is 1.29 bits per heavy atom. The molecule has 3 N–H and O–H groups in total. The average molecular weight is 337 g/mol. The molecule has 1 rings (SSSR count). The molecule has 0 aliphatic carbocycles. The summed E-state index contributed by atoms with van der Waals surface area (Å²) in [7, 11) is -2.03. The minimum atomic E-state index is -3.59. The highest BCUT2D eigenvalue weighted by Gasteiger charge is 2.30. The minimum Gasteiger partial charge on any atom is -0.496 e. The van der Waals surface area contributed by atoms with Crippen molar-refractivity contribution in [3.63, 3.8) is 0 Å². The van der Waals surface area contributed by atoms with Gasteiger partial charge in [0.05, 0.1) is 12.0 Å². The molecule has 21 heavy (non-hydrogen) atoms. The lowest BCUT2D eigenvalue weighted by atomic mass is 9.95. The third kappa shape index (κ3) is 4.57. The third-order valence-electron chi connectivity index (χ3n) is 3.77. The van der Waals surface area contributed by atoms with Gasteiger partial charge in [-0.2, -0.15) is 0 Å². The quantitative estimate of drug-likeness (QED) is 0.800. The first-order chi connectivity index (χ1) is 9.34. The van der Waals surface area contributed by atoms with Gasteiger partial charge in [-0.05, 0) is 43.5 Å². The van der Waals surface area contributed by atoms with Crippen molar-refractivity contribution in [2.24, 2.45) is 5.73 Å². The number of halogens is 1. The van der Waals surface area contributed by atoms with Crippen molar-refractivity contribution in [3.05, 3.63) is 23.8 Å². The van der Waals surface area contributed by atoms with Crippen molar-refractivity contribution >= 4 is 22.4 Å². The van der Waals surface area contributed by atoms with Crippen LogP contribution < -0.4 is 15.2 Å². The number of nitrogens with one attached hydrogen (secondary N) is 1. The molecule has 0 saturated heterocycles. The van der Waals surface area contributed by atoms with Gasteiger partial charge in [0.2, 0.25) is 10.0 Å². The van der Waals surface area contributed by atoms with E-state index in [1.165, 1.54) is 0 Å². The summed E-state index contributed by atoms with van der Waals surface area (Å²) >= 11 is 0. The van der Waals surface area contributed by atoms with Gasteiger partial charge in [-0.3, -0.25) is 0 Å². The Balaban J connectivity index is 0.00000400. The number of nitrogens with two attached hydrogens (primary N) is 1. The molecule has 0 unspecified atom stereocenters. The maximum absolute atomic E-state index is 12.5. The highest BCUT2D eigenvalue weighted by atomic mass is 35.5. The molecule has 1 aromatic carbocycles. The van der Waals surface area contributed by atoms with Crippen molar-refractivity contribution in [1.82, 2.24) is 4.72 Å². The molecule has 0 spiro atoms. The highest BCUT2D eigenvalue weighted by molar-refractivity contribution is 7.89. The maximum atomic E-state index is 12.5. The average Bonchev–Trinajstić information content (AvgIpc) is 2.44. The van der Waals surface area contributed by atoms with Crippen LogP contribution in [0.2, 0.25) is 0 Å². The topological polar surface area (TPSA) is 81.4 Å². The number of sulfonamides is 1. The number of aryl methyl sites for hydroxylation is 1. The van der Waals surface area contributed by atoms with Gasteiger partial charge in [0.25, 0.3) is 0 Å². The fraction of sp³-hybridized carbons (Fsp3) is 0.571. The molecule has 1 aromatic rings. The SMILES string of the molecule is CCC(CC)(CN)NS(=O)(=O)c1ccc(OC)c(C)c1.Cl. The van der Waals surface area contributed by atoms with Crippen LogP contribution in [0.5, 0.6) is 5.75 Å². The standard InChI is InChI=1S/C14H24N2O3S.ClH/c1-5-14(6-2,10-15)16-20(17,18)12-7-8-13(19-4)11(3)9-12;/h7-9,16H,5-6,10,15H2,1-4H3;1H. The lowest BCUT2D eigenvalue weighted by Gasteiger charge is -2.31. The summed E-state index contributed by atoms with van der Waals surface area (Å²) in [4.78, 5) is 0.232. The van der Waals surface area contributed by atoms with Crippen LogP contribution in [-0.4, -0.2) is 27.6 Å². The van der Waals surface area contributed by atoms with Crippen molar-refractivity contribution in [2.75, 3.05) is 13.7 Å². The van der Waals surface area contributed by atoms with Crippen LogP contribution in [-0.2, 0) is 10.0 Å². The third-order valence-corrected chi connectivity index (χ3v) is 5.35. The molecule has 5 nitrogen and oxygen atoms in total. The van der Waals surface area contributed by atoms with Crippen LogP contribution in [0.3, 0.4) is 0 Å². The summed E-state index contributed by atoms with van der Waals surface area (Å²) in [5.74, 6) is 0.667. The number of rotatable bonds is 7. The Morgan fingerprint density at radius 3 is 2.24 bits per heavy atom. The van der Waals surface area contributed by atoms with Gasteiger partial charge in [0.15, 0.2) is 0 Å². The first-order valence-corrected chi connectivity index (χ1v) is 8.21. The molecular formula is C14H25ClN2O3S. The van der Waals surface area contributed by atoms with Gasteiger partial charge in [-0.1, -0.05) is 13.8 Å². The normalized spacial score (nSPS) is 11.9. The van der Waals surface area contributed by atoms with Gasteiger partial charge in [-0.25, -0.2) is 13.1 Å². The molecule has 0 bridgehead atoms. The number of hydrogen-bond donors (Lipinski definition) is 2. The summed E-state index contributed by atoms with van der Waals surface area (Å²) in [6, 6.07) is 4.81. The molecule has 0 saturated carbocycles. The minimum absolute atomic E-state index is 0. The van der Waals surface area contributed by atoms with Crippen molar-refractivity contribution in [2.45, 2.75) is 44.0 Å². The maximum Gasteiger partial charge on any atom is 0.241 e. The Hall–Kier alpha value is -0.820. The molecule has 0 aliphatic heterocycles. The van der Waals surface area contributed by atoms with Gasteiger partial charge in [-0.15, -0.1) is 12.4 Å². The smallest absolute Gasteiger partial charge is 0.241 e. The molecule has 0 atom stereocenters. The van der Waals surface area contributed by atoms with E-state index in [9.17, 15) is 8.42 Å². The van der Waals surface area contributed by atoms with Crippen LogP contribution in [0.4, 0.5) is 0 Å². The number of hydrogen-bond acceptors (Lipinski definition) is 4. The predicted octanol–water partition coefficient (Wildman–Crippen LogP) is 2.22. The fourth-order valence-electron chi connectivity index (χ4n) is 2.09. The van der Waals surface area contributed by atoms with Crippen LogP contribution in [0, 0.1) is 6.92 Å². The number of methoxy groups -OCH3 is 1. The molecule has 0 radical (unpaired) electrons. The van der Waals surface area contributed by atoms with E-state index in [0.717, 1.165) is 5.56 Å². The van der Waals surface area contributed by atoms with Gasteiger partial charge >= 0.3 is 0 Å². The van der Waals surface area contributed by atoms with Gasteiger partial charge in [0, 0.05) is 12.1 Å². The summed E-state index contributed by atoms with van der Waals surface area (Å²) in [6.07, 6.45) is 1.29. The molecule has 0 fully saturated rings. The Labute approximate surface area is 133 Å². The molecule has 122 valence electrons. The molecular weight excluding hydrogens is 312 g/mol. The Morgan fingerprint density at radius 2 is 1.86 bits per heavy atom. The zero-order valence-corrected chi connectivity index (χ0v) is 14.6. The van der Waals surface area contributed by atoms with Crippen molar-refractivity contribution in [3.8, 4) is 5.75 Å². The van der Waals surface area contributed by atoms with Crippen LogP contribution >= 0.6 is 12.4 Å². The molecule has 0 aromatic heterocycles. The largest absolute Gasteiger partial charge is 0.496 e. The van der Waals surface area contributed by atoms with E-state index in [4.69, 9.17) is 10.5 Å². The number of ether oxygens (including phenoxy) is 1. The van der Waals surface area contributed by atoms with Crippen LogP contribution in [0.15, 0.2) is 23.1 Å². The predicted molar refractivity (Wildman–Crippen MR) is 87.7 cm³/mol. The second-order valence-electron chi connectivity index (χ2n) is 4.93. The second-order valence-corrected chi connectivity index (χ2v) is 6.61. The fourth-order valence-corrected chi connectivity index (χ4v) is 3.73.